The van der Waals surface area contributed by atoms with Gasteiger partial charge in [0.2, 0.25) is 11.8 Å². The summed E-state index contributed by atoms with van der Waals surface area (Å²) in [5, 5.41) is 37.8. The SMILES string of the molecule is CN[C@@H]1C(=O)NCC(=O)N[C@H](C(=O)O)Cc2ccc(O)c(c2)-c2cc1ccc2O. The van der Waals surface area contributed by atoms with Crippen LogP contribution in [0.2, 0.25) is 0 Å². The van der Waals surface area contributed by atoms with E-state index in [4.69, 9.17) is 0 Å². The zero-order valence-electron chi connectivity index (χ0n) is 15.6. The second-order valence-electron chi connectivity index (χ2n) is 6.73. The summed E-state index contributed by atoms with van der Waals surface area (Å²) in [5.74, 6) is -2.59. The van der Waals surface area contributed by atoms with Crippen LogP contribution in [0.15, 0.2) is 36.4 Å². The third-order valence-corrected chi connectivity index (χ3v) is 4.75. The van der Waals surface area contributed by atoms with Crippen molar-refractivity contribution in [1.82, 2.24) is 16.0 Å². The molecule has 2 amide bonds. The number of aromatic hydroxyl groups is 2. The van der Waals surface area contributed by atoms with Gasteiger partial charge < -0.3 is 31.3 Å². The molecule has 6 N–H and O–H groups in total. The number of hydrogen-bond donors (Lipinski definition) is 6. The molecule has 1 aliphatic rings. The van der Waals surface area contributed by atoms with Crippen LogP contribution in [0.3, 0.4) is 0 Å². The van der Waals surface area contributed by atoms with E-state index in [1.165, 1.54) is 12.1 Å². The number of benzene rings is 2. The summed E-state index contributed by atoms with van der Waals surface area (Å²) in [6.07, 6.45) is -0.0398. The van der Waals surface area contributed by atoms with Gasteiger partial charge in [-0.3, -0.25) is 9.59 Å². The number of carbonyl (C=O) groups excluding carboxylic acids is 2. The molecule has 4 bridgehead atoms. The highest BCUT2D eigenvalue weighted by Crippen LogP contribution is 2.37. The van der Waals surface area contributed by atoms with E-state index in [9.17, 15) is 29.7 Å². The maximum absolute atomic E-state index is 12.5. The largest absolute Gasteiger partial charge is 0.507 e. The second-order valence-corrected chi connectivity index (χ2v) is 6.73. The summed E-state index contributed by atoms with van der Waals surface area (Å²) in [4.78, 5) is 36.2. The molecule has 0 aromatic heterocycles. The van der Waals surface area contributed by atoms with E-state index < -0.39 is 29.9 Å². The highest BCUT2D eigenvalue weighted by atomic mass is 16.4. The number of nitrogens with one attached hydrogen (secondary N) is 3. The Morgan fingerprint density at radius 3 is 2.38 bits per heavy atom. The number of carboxylic acids is 1. The monoisotopic (exact) mass is 399 g/mol. The number of likely N-dealkylation sites (N-methyl/N-ethyl adjacent to an activating group) is 1. The standard InChI is InChI=1S/C20H21N3O6/c1-21-18-11-3-5-16(25)13(8-11)12-6-10(2-4-15(12)24)7-14(20(28)29)23-17(26)9-22-19(18)27/h2-6,8,14,18,21,24-25H,7,9H2,1H3,(H,22,27)(H,23,26)(H,28,29)/t14-,18-/m0/s1. The average molecular weight is 399 g/mol. The van der Waals surface area contributed by atoms with Crippen molar-refractivity contribution in [2.45, 2.75) is 18.5 Å². The minimum atomic E-state index is -1.23. The summed E-state index contributed by atoms with van der Waals surface area (Å²) in [5.41, 5.74) is 1.64. The Bertz CT molecular complexity index is 975. The summed E-state index contributed by atoms with van der Waals surface area (Å²) < 4.78 is 0. The van der Waals surface area contributed by atoms with Crippen molar-refractivity contribution in [2.75, 3.05) is 13.6 Å². The zero-order valence-corrected chi connectivity index (χ0v) is 15.6. The molecule has 2 aromatic rings. The van der Waals surface area contributed by atoms with Gasteiger partial charge in [-0.2, -0.15) is 0 Å². The molecule has 0 unspecified atom stereocenters. The summed E-state index contributed by atoms with van der Waals surface area (Å²) in [7, 11) is 1.57. The van der Waals surface area contributed by atoms with Crippen molar-refractivity contribution >= 4 is 17.8 Å². The number of rotatable bonds is 2. The molecule has 0 radical (unpaired) electrons. The molecule has 1 aliphatic heterocycles. The Morgan fingerprint density at radius 1 is 1.07 bits per heavy atom. The lowest BCUT2D eigenvalue weighted by molar-refractivity contribution is -0.141. The highest BCUT2D eigenvalue weighted by molar-refractivity contribution is 5.90. The number of hydrogen-bond acceptors (Lipinski definition) is 6. The predicted octanol–water partition coefficient (Wildman–Crippen LogP) is 0.267. The molecule has 152 valence electrons. The highest BCUT2D eigenvalue weighted by Gasteiger charge is 2.25. The molecule has 0 aliphatic carbocycles. The van der Waals surface area contributed by atoms with Gasteiger partial charge in [-0.1, -0.05) is 12.1 Å². The predicted molar refractivity (Wildman–Crippen MR) is 103 cm³/mol. The fraction of sp³-hybridized carbons (Fsp3) is 0.250. The first-order valence-corrected chi connectivity index (χ1v) is 8.92. The molecular weight excluding hydrogens is 378 g/mol. The lowest BCUT2D eigenvalue weighted by Gasteiger charge is -2.20. The van der Waals surface area contributed by atoms with Gasteiger partial charge >= 0.3 is 5.97 Å². The van der Waals surface area contributed by atoms with Gasteiger partial charge in [0, 0.05) is 17.5 Å². The smallest absolute Gasteiger partial charge is 0.326 e. The van der Waals surface area contributed by atoms with Crippen LogP contribution in [0, 0.1) is 0 Å². The summed E-state index contributed by atoms with van der Waals surface area (Å²) in [6.45, 7) is -0.382. The molecule has 0 fully saturated rings. The third kappa shape index (κ3) is 4.30. The average Bonchev–Trinajstić information content (AvgIpc) is 2.68. The van der Waals surface area contributed by atoms with Crippen LogP contribution in [-0.2, 0) is 20.8 Å². The van der Waals surface area contributed by atoms with Gasteiger partial charge in [0.05, 0.1) is 6.54 Å². The van der Waals surface area contributed by atoms with Crippen molar-refractivity contribution in [3.63, 3.8) is 0 Å². The third-order valence-electron chi connectivity index (χ3n) is 4.75. The topological polar surface area (TPSA) is 148 Å². The van der Waals surface area contributed by atoms with Gasteiger partial charge in [-0.15, -0.1) is 0 Å². The fourth-order valence-corrected chi connectivity index (χ4v) is 3.27. The van der Waals surface area contributed by atoms with E-state index in [-0.39, 0.29) is 30.0 Å². The lowest BCUT2D eigenvalue weighted by atomic mass is 9.94. The molecule has 0 spiro atoms. The van der Waals surface area contributed by atoms with Crippen molar-refractivity contribution in [3.8, 4) is 22.6 Å². The molecule has 9 heteroatoms. The number of carbonyl (C=O) groups is 3. The summed E-state index contributed by atoms with van der Waals surface area (Å²) in [6, 6.07) is 6.98. The van der Waals surface area contributed by atoms with Crippen LogP contribution in [0.1, 0.15) is 17.2 Å². The normalized spacial score (nSPS) is 19.6. The first kappa shape index (κ1) is 20.2. The van der Waals surface area contributed by atoms with Crippen LogP contribution in [-0.4, -0.2) is 52.7 Å². The molecule has 2 atom stereocenters. The number of carboxylic acid groups (broad SMARTS) is 1. The van der Waals surface area contributed by atoms with Crippen molar-refractivity contribution in [3.05, 3.63) is 47.5 Å². The van der Waals surface area contributed by atoms with E-state index >= 15 is 0 Å². The van der Waals surface area contributed by atoms with Gasteiger partial charge in [-0.05, 0) is 42.4 Å². The minimum absolute atomic E-state index is 0.0398. The van der Waals surface area contributed by atoms with Crippen molar-refractivity contribution in [2.24, 2.45) is 0 Å². The second kappa shape index (κ2) is 8.19. The van der Waals surface area contributed by atoms with Gasteiger partial charge in [0.1, 0.15) is 23.6 Å². The van der Waals surface area contributed by atoms with Crippen LogP contribution >= 0.6 is 0 Å². The Labute approximate surface area is 166 Å². The Morgan fingerprint density at radius 2 is 1.72 bits per heavy atom. The number of phenolic OH excluding ortho intramolecular Hbond substituents is 2. The molecular formula is C20H21N3O6. The van der Waals surface area contributed by atoms with E-state index in [0.717, 1.165) is 0 Å². The zero-order chi connectivity index (χ0) is 21.1. The first-order valence-electron chi connectivity index (χ1n) is 8.92. The molecule has 2 aromatic carbocycles. The summed E-state index contributed by atoms with van der Waals surface area (Å²) >= 11 is 0. The van der Waals surface area contributed by atoms with Crippen LogP contribution < -0.4 is 16.0 Å². The molecule has 0 saturated carbocycles. The Hall–Kier alpha value is -3.59. The minimum Gasteiger partial charge on any atom is -0.507 e. The molecule has 29 heavy (non-hydrogen) atoms. The van der Waals surface area contributed by atoms with Gasteiger partial charge in [0.25, 0.3) is 0 Å². The number of fused-ring (bicyclic) bond motifs is 5. The van der Waals surface area contributed by atoms with Crippen LogP contribution in [0.4, 0.5) is 0 Å². The van der Waals surface area contributed by atoms with Crippen molar-refractivity contribution in [1.29, 1.82) is 0 Å². The molecule has 3 rings (SSSR count). The first-order chi connectivity index (χ1) is 13.8. The number of amides is 2. The number of phenols is 2. The van der Waals surface area contributed by atoms with E-state index in [2.05, 4.69) is 16.0 Å². The van der Waals surface area contributed by atoms with Crippen molar-refractivity contribution < 1.29 is 29.7 Å². The fourth-order valence-electron chi connectivity index (χ4n) is 3.27. The molecule has 9 nitrogen and oxygen atoms in total. The maximum Gasteiger partial charge on any atom is 0.326 e. The Kier molecular flexibility index (Phi) is 5.69. The van der Waals surface area contributed by atoms with Crippen LogP contribution in [0.5, 0.6) is 11.5 Å². The molecule has 1 heterocycles. The molecule has 0 saturated heterocycles. The van der Waals surface area contributed by atoms with Gasteiger partial charge in [-0.25, -0.2) is 4.79 Å². The van der Waals surface area contributed by atoms with Gasteiger partial charge in [0.15, 0.2) is 0 Å². The Balaban J connectivity index is 2.17. The van der Waals surface area contributed by atoms with E-state index in [1.807, 2.05) is 0 Å². The van der Waals surface area contributed by atoms with E-state index in [1.54, 1.807) is 31.3 Å². The van der Waals surface area contributed by atoms with Crippen LogP contribution in [0.25, 0.3) is 11.1 Å². The lowest BCUT2D eigenvalue weighted by Crippen LogP contribution is -2.48. The number of aliphatic carboxylic acids is 1. The van der Waals surface area contributed by atoms with E-state index in [0.29, 0.717) is 16.7 Å². The quantitative estimate of drug-likeness (QED) is 0.425. The maximum atomic E-state index is 12.5.